The summed E-state index contributed by atoms with van der Waals surface area (Å²) in [7, 11) is 0. The van der Waals surface area contributed by atoms with E-state index in [1.54, 1.807) is 6.07 Å². The maximum atomic E-state index is 13.5. The van der Waals surface area contributed by atoms with Gasteiger partial charge in [-0.05, 0) is 18.2 Å². The first-order chi connectivity index (χ1) is 6.59. The highest BCUT2D eigenvalue weighted by atomic mass is 32.1. The second kappa shape index (κ2) is 2.95. The Morgan fingerprint density at radius 3 is 2.86 bits per heavy atom. The number of fused-ring (bicyclic) bond motifs is 1. The minimum absolute atomic E-state index is 0.271. The fourth-order valence-electron chi connectivity index (χ4n) is 1.26. The average molecular weight is 211 g/mol. The molecular formula is C9H6FNO2S. The van der Waals surface area contributed by atoms with Crippen LogP contribution in [0.2, 0.25) is 0 Å². The van der Waals surface area contributed by atoms with Crippen molar-refractivity contribution in [2.75, 3.05) is 5.73 Å². The highest BCUT2D eigenvalue weighted by Gasteiger charge is 2.14. The van der Waals surface area contributed by atoms with Gasteiger partial charge >= 0.3 is 5.97 Å². The third-order valence-electron chi connectivity index (χ3n) is 1.88. The molecule has 1 aromatic heterocycles. The van der Waals surface area contributed by atoms with Crippen LogP contribution in [-0.2, 0) is 0 Å². The molecule has 0 saturated heterocycles. The lowest BCUT2D eigenvalue weighted by molar-refractivity contribution is 0.0692. The summed E-state index contributed by atoms with van der Waals surface area (Å²) in [4.78, 5) is 10.6. The Morgan fingerprint density at radius 1 is 1.50 bits per heavy atom. The maximum absolute atomic E-state index is 13.5. The molecule has 0 atom stereocenters. The van der Waals surface area contributed by atoms with Gasteiger partial charge in [0.05, 0.1) is 10.6 Å². The van der Waals surface area contributed by atoms with E-state index in [0.29, 0.717) is 9.70 Å². The van der Waals surface area contributed by atoms with Crippen molar-refractivity contribution in [3.8, 4) is 0 Å². The molecule has 0 radical (unpaired) electrons. The Balaban J connectivity index is 2.80. The summed E-state index contributed by atoms with van der Waals surface area (Å²) in [6.07, 6.45) is 0. The standard InChI is InChI=1S/C9H6FNO2S/c10-8-4(9(12)13)1-2-6-5(8)3-7(11)14-6/h1-3H,11H2,(H,12,13). The molecule has 0 unspecified atom stereocenters. The summed E-state index contributed by atoms with van der Waals surface area (Å²) < 4.78 is 14.2. The molecule has 3 nitrogen and oxygen atoms in total. The van der Waals surface area contributed by atoms with Crippen molar-refractivity contribution in [2.24, 2.45) is 0 Å². The Bertz CT molecular complexity index is 521. The highest BCUT2D eigenvalue weighted by molar-refractivity contribution is 7.22. The van der Waals surface area contributed by atoms with Gasteiger partial charge in [-0.15, -0.1) is 11.3 Å². The topological polar surface area (TPSA) is 63.3 Å². The van der Waals surface area contributed by atoms with Gasteiger partial charge in [-0.1, -0.05) is 0 Å². The molecule has 1 heterocycles. The van der Waals surface area contributed by atoms with Gasteiger partial charge in [0, 0.05) is 10.1 Å². The van der Waals surface area contributed by atoms with E-state index in [2.05, 4.69) is 0 Å². The Labute approximate surface area is 82.6 Å². The van der Waals surface area contributed by atoms with Crippen LogP contribution in [0.5, 0.6) is 0 Å². The molecule has 0 spiro atoms. The van der Waals surface area contributed by atoms with Crippen molar-refractivity contribution in [1.82, 2.24) is 0 Å². The third kappa shape index (κ3) is 1.22. The highest BCUT2D eigenvalue weighted by Crippen LogP contribution is 2.30. The smallest absolute Gasteiger partial charge is 0.338 e. The number of hydrogen-bond donors (Lipinski definition) is 2. The van der Waals surface area contributed by atoms with Crippen molar-refractivity contribution in [1.29, 1.82) is 0 Å². The molecule has 5 heteroatoms. The van der Waals surface area contributed by atoms with E-state index in [0.717, 1.165) is 0 Å². The van der Waals surface area contributed by atoms with E-state index in [1.807, 2.05) is 0 Å². The number of rotatable bonds is 1. The lowest BCUT2D eigenvalue weighted by Crippen LogP contribution is -1.99. The van der Waals surface area contributed by atoms with E-state index >= 15 is 0 Å². The van der Waals surface area contributed by atoms with Gasteiger partial charge < -0.3 is 10.8 Å². The molecule has 14 heavy (non-hydrogen) atoms. The molecule has 3 N–H and O–H groups in total. The number of aromatic carboxylic acids is 1. The monoisotopic (exact) mass is 211 g/mol. The lowest BCUT2D eigenvalue weighted by atomic mass is 10.1. The number of thiophene rings is 1. The maximum Gasteiger partial charge on any atom is 0.338 e. The summed E-state index contributed by atoms with van der Waals surface area (Å²) in [5.74, 6) is -1.99. The van der Waals surface area contributed by atoms with Crippen molar-refractivity contribution >= 4 is 32.4 Å². The minimum Gasteiger partial charge on any atom is -0.478 e. The van der Waals surface area contributed by atoms with Crippen LogP contribution in [0.25, 0.3) is 10.1 Å². The van der Waals surface area contributed by atoms with Crippen LogP contribution < -0.4 is 5.73 Å². The van der Waals surface area contributed by atoms with E-state index in [9.17, 15) is 9.18 Å². The van der Waals surface area contributed by atoms with Crippen LogP contribution in [0.3, 0.4) is 0 Å². The molecule has 2 aromatic rings. The van der Waals surface area contributed by atoms with Crippen LogP contribution in [0, 0.1) is 5.82 Å². The predicted octanol–water partition coefficient (Wildman–Crippen LogP) is 2.32. The second-order valence-corrected chi connectivity index (χ2v) is 3.91. The van der Waals surface area contributed by atoms with Crippen molar-refractivity contribution < 1.29 is 14.3 Å². The van der Waals surface area contributed by atoms with Gasteiger partial charge in [0.15, 0.2) is 0 Å². The van der Waals surface area contributed by atoms with Crippen LogP contribution in [-0.4, -0.2) is 11.1 Å². The van der Waals surface area contributed by atoms with Crippen molar-refractivity contribution in [3.63, 3.8) is 0 Å². The molecule has 0 saturated carbocycles. The quantitative estimate of drug-likeness (QED) is 0.760. The molecule has 0 bridgehead atoms. The fourth-order valence-corrected chi connectivity index (χ4v) is 2.09. The normalized spacial score (nSPS) is 10.6. The molecule has 1 aromatic carbocycles. The van der Waals surface area contributed by atoms with Crippen LogP contribution in [0.1, 0.15) is 10.4 Å². The Hall–Kier alpha value is -1.62. The number of carboxylic acids is 1. The SMILES string of the molecule is Nc1cc2c(F)c(C(=O)O)ccc2s1. The zero-order valence-corrected chi connectivity index (χ0v) is 7.77. The molecule has 0 aliphatic carbocycles. The molecule has 2 rings (SSSR count). The summed E-state index contributed by atoms with van der Waals surface area (Å²) in [5.41, 5.74) is 5.17. The number of carbonyl (C=O) groups is 1. The van der Waals surface area contributed by atoms with Gasteiger partial charge in [-0.2, -0.15) is 0 Å². The zero-order valence-electron chi connectivity index (χ0n) is 6.95. The first-order valence-corrected chi connectivity index (χ1v) is 4.62. The number of anilines is 1. The number of hydrogen-bond acceptors (Lipinski definition) is 3. The molecular weight excluding hydrogens is 205 g/mol. The first kappa shape index (κ1) is 8.96. The van der Waals surface area contributed by atoms with E-state index < -0.39 is 11.8 Å². The lowest BCUT2D eigenvalue weighted by Gasteiger charge is -1.97. The third-order valence-corrected chi connectivity index (χ3v) is 2.81. The number of carboxylic acid groups (broad SMARTS) is 1. The molecule has 0 amide bonds. The molecule has 0 aliphatic heterocycles. The fraction of sp³-hybridized carbons (Fsp3) is 0. The van der Waals surface area contributed by atoms with Gasteiger partial charge in [-0.3, -0.25) is 0 Å². The van der Waals surface area contributed by atoms with Crippen molar-refractivity contribution in [3.05, 3.63) is 29.6 Å². The largest absolute Gasteiger partial charge is 0.478 e. The number of benzene rings is 1. The van der Waals surface area contributed by atoms with Gasteiger partial charge in [-0.25, -0.2) is 9.18 Å². The summed E-state index contributed by atoms with van der Waals surface area (Å²) in [6.45, 7) is 0. The van der Waals surface area contributed by atoms with Crippen LogP contribution in [0.15, 0.2) is 18.2 Å². The van der Waals surface area contributed by atoms with Crippen molar-refractivity contribution in [2.45, 2.75) is 0 Å². The summed E-state index contributed by atoms with van der Waals surface area (Å²) in [6, 6.07) is 4.25. The van der Waals surface area contributed by atoms with Gasteiger partial charge in [0.25, 0.3) is 0 Å². The number of halogens is 1. The Morgan fingerprint density at radius 2 is 2.21 bits per heavy atom. The Kier molecular flexibility index (Phi) is 1.89. The molecule has 0 fully saturated rings. The molecule has 72 valence electrons. The summed E-state index contributed by atoms with van der Waals surface area (Å²) >= 11 is 1.23. The average Bonchev–Trinajstić information content (AvgIpc) is 2.46. The van der Waals surface area contributed by atoms with Crippen LogP contribution in [0.4, 0.5) is 9.39 Å². The molecule has 0 aliphatic rings. The van der Waals surface area contributed by atoms with Gasteiger partial charge in [0.2, 0.25) is 0 Å². The number of nitrogens with two attached hydrogens (primary N) is 1. The van der Waals surface area contributed by atoms with Gasteiger partial charge in [0.1, 0.15) is 5.82 Å². The predicted molar refractivity (Wildman–Crippen MR) is 53.2 cm³/mol. The van der Waals surface area contributed by atoms with Crippen LogP contribution >= 0.6 is 11.3 Å². The first-order valence-electron chi connectivity index (χ1n) is 3.80. The number of nitrogen functional groups attached to an aromatic ring is 1. The summed E-state index contributed by atoms with van der Waals surface area (Å²) in [5, 5.41) is 9.41. The van der Waals surface area contributed by atoms with E-state index in [4.69, 9.17) is 10.8 Å². The second-order valence-electron chi connectivity index (χ2n) is 2.79. The van der Waals surface area contributed by atoms with E-state index in [1.165, 1.54) is 23.5 Å². The van der Waals surface area contributed by atoms with E-state index in [-0.39, 0.29) is 10.9 Å². The zero-order chi connectivity index (χ0) is 10.3. The minimum atomic E-state index is -1.27.